The maximum absolute atomic E-state index is 13.0. The van der Waals surface area contributed by atoms with Crippen molar-refractivity contribution in [3.05, 3.63) is 83.8 Å². The van der Waals surface area contributed by atoms with Gasteiger partial charge < -0.3 is 9.32 Å². The van der Waals surface area contributed by atoms with Crippen LogP contribution in [0.3, 0.4) is 0 Å². The van der Waals surface area contributed by atoms with Crippen LogP contribution in [-0.2, 0) is 17.3 Å². The van der Waals surface area contributed by atoms with E-state index in [-0.39, 0.29) is 5.91 Å². The van der Waals surface area contributed by atoms with Crippen LogP contribution < -0.4 is 4.90 Å². The van der Waals surface area contributed by atoms with Crippen molar-refractivity contribution in [1.82, 2.24) is 0 Å². The summed E-state index contributed by atoms with van der Waals surface area (Å²) in [5, 5.41) is 0. The summed E-state index contributed by atoms with van der Waals surface area (Å²) in [7, 11) is -1.07. The number of rotatable bonds is 5. The van der Waals surface area contributed by atoms with Crippen LogP contribution in [0.4, 0.5) is 5.69 Å². The van der Waals surface area contributed by atoms with E-state index < -0.39 is 10.8 Å². The molecule has 0 aliphatic heterocycles. The largest absolute Gasteiger partial charge is 0.467 e. The molecule has 4 nitrogen and oxygen atoms in total. The monoisotopic (exact) mass is 353 g/mol. The van der Waals surface area contributed by atoms with Crippen LogP contribution >= 0.6 is 0 Å². The number of furan rings is 1. The number of hydrogen-bond donors (Lipinski definition) is 0. The number of carbonyl (C=O) groups is 1. The van der Waals surface area contributed by atoms with Gasteiger partial charge in [0.1, 0.15) is 5.76 Å². The molecular formula is C20H19NO3S. The first-order valence-electron chi connectivity index (χ1n) is 7.89. The highest BCUT2D eigenvalue weighted by Gasteiger charge is 2.19. The van der Waals surface area contributed by atoms with Crippen LogP contribution in [0.1, 0.15) is 21.7 Å². The molecule has 0 aliphatic carbocycles. The van der Waals surface area contributed by atoms with Gasteiger partial charge >= 0.3 is 0 Å². The Labute approximate surface area is 149 Å². The number of nitrogens with zero attached hydrogens (tertiary/aromatic N) is 1. The van der Waals surface area contributed by atoms with Gasteiger partial charge in [-0.3, -0.25) is 9.00 Å². The third-order valence-electron chi connectivity index (χ3n) is 3.92. The van der Waals surface area contributed by atoms with Crippen LogP contribution in [0.5, 0.6) is 0 Å². The van der Waals surface area contributed by atoms with Gasteiger partial charge in [0.2, 0.25) is 0 Å². The molecule has 0 N–H and O–H groups in total. The second-order valence-corrected chi connectivity index (χ2v) is 7.16. The van der Waals surface area contributed by atoms with E-state index in [0.717, 1.165) is 11.3 Å². The Bertz CT molecular complexity index is 868. The molecule has 128 valence electrons. The van der Waals surface area contributed by atoms with E-state index in [1.165, 1.54) is 0 Å². The topological polar surface area (TPSA) is 50.5 Å². The Morgan fingerprint density at radius 2 is 1.72 bits per heavy atom. The van der Waals surface area contributed by atoms with Crippen molar-refractivity contribution in [2.75, 3.05) is 11.2 Å². The Morgan fingerprint density at radius 3 is 2.28 bits per heavy atom. The van der Waals surface area contributed by atoms with Crippen molar-refractivity contribution in [3.63, 3.8) is 0 Å². The summed E-state index contributed by atoms with van der Waals surface area (Å²) in [6, 6.07) is 18.3. The lowest BCUT2D eigenvalue weighted by atomic mass is 10.1. The summed E-state index contributed by atoms with van der Waals surface area (Å²) in [4.78, 5) is 15.4. The van der Waals surface area contributed by atoms with Crippen molar-refractivity contribution in [2.45, 2.75) is 18.4 Å². The Balaban J connectivity index is 1.93. The van der Waals surface area contributed by atoms with Gasteiger partial charge in [-0.05, 0) is 55.5 Å². The minimum Gasteiger partial charge on any atom is -0.467 e. The summed E-state index contributed by atoms with van der Waals surface area (Å²) in [6.45, 7) is 2.35. The van der Waals surface area contributed by atoms with Crippen LogP contribution in [0, 0.1) is 6.92 Å². The minimum atomic E-state index is -1.07. The molecule has 0 radical (unpaired) electrons. The molecule has 0 aliphatic rings. The smallest absolute Gasteiger partial charge is 0.258 e. The first kappa shape index (κ1) is 17.2. The lowest BCUT2D eigenvalue weighted by Gasteiger charge is -2.22. The molecule has 0 bridgehead atoms. The Kier molecular flexibility index (Phi) is 5.14. The molecule has 0 saturated heterocycles. The Hall–Kier alpha value is -2.66. The molecule has 3 aromatic rings. The number of hydrogen-bond acceptors (Lipinski definition) is 3. The standard InChI is InChI=1S/C20H19NO3S/c1-15-5-9-17(10-6-15)21(14-18-4-3-13-24-18)20(22)16-7-11-19(12-8-16)25(2)23/h3-13H,14H2,1-2H3. The lowest BCUT2D eigenvalue weighted by Crippen LogP contribution is -2.30. The molecule has 0 spiro atoms. The fourth-order valence-corrected chi connectivity index (χ4v) is 3.03. The summed E-state index contributed by atoms with van der Waals surface area (Å²) >= 11 is 0. The number of amides is 1. The average molecular weight is 353 g/mol. The molecule has 1 aromatic heterocycles. The van der Waals surface area contributed by atoms with Crippen molar-refractivity contribution in [3.8, 4) is 0 Å². The molecular weight excluding hydrogens is 334 g/mol. The van der Waals surface area contributed by atoms with Gasteiger partial charge in [0, 0.05) is 33.2 Å². The summed E-state index contributed by atoms with van der Waals surface area (Å²) in [6.07, 6.45) is 3.21. The van der Waals surface area contributed by atoms with Crippen molar-refractivity contribution < 1.29 is 13.4 Å². The second kappa shape index (κ2) is 7.49. The molecule has 1 unspecified atom stereocenters. The number of benzene rings is 2. The van der Waals surface area contributed by atoms with E-state index in [2.05, 4.69) is 0 Å². The maximum Gasteiger partial charge on any atom is 0.258 e. The van der Waals surface area contributed by atoms with Crippen molar-refractivity contribution in [2.24, 2.45) is 0 Å². The number of aryl methyl sites for hydroxylation is 1. The molecule has 1 amide bonds. The first-order valence-corrected chi connectivity index (χ1v) is 9.45. The van der Waals surface area contributed by atoms with E-state index in [1.807, 2.05) is 37.3 Å². The zero-order valence-corrected chi connectivity index (χ0v) is 15.0. The molecule has 5 heteroatoms. The predicted octanol–water partition coefficient (Wildman–Crippen LogP) is 4.17. The molecule has 1 heterocycles. The third-order valence-corrected chi connectivity index (χ3v) is 4.85. The van der Waals surface area contributed by atoms with Crippen molar-refractivity contribution >= 4 is 22.4 Å². The third kappa shape index (κ3) is 4.06. The van der Waals surface area contributed by atoms with E-state index in [1.54, 1.807) is 47.8 Å². The lowest BCUT2D eigenvalue weighted by molar-refractivity contribution is 0.0983. The van der Waals surface area contributed by atoms with Gasteiger partial charge in [-0.2, -0.15) is 0 Å². The second-order valence-electron chi connectivity index (χ2n) is 5.78. The highest BCUT2D eigenvalue weighted by atomic mass is 32.2. The zero-order valence-electron chi connectivity index (χ0n) is 14.1. The first-order chi connectivity index (χ1) is 12.0. The van der Waals surface area contributed by atoms with Gasteiger partial charge in [0.15, 0.2) is 0 Å². The van der Waals surface area contributed by atoms with Gasteiger partial charge in [-0.15, -0.1) is 0 Å². The molecule has 0 saturated carbocycles. The van der Waals surface area contributed by atoms with Gasteiger partial charge in [0.25, 0.3) is 5.91 Å². The van der Waals surface area contributed by atoms with Crippen LogP contribution in [-0.4, -0.2) is 16.4 Å². The van der Waals surface area contributed by atoms with Gasteiger partial charge in [-0.1, -0.05) is 17.7 Å². The maximum atomic E-state index is 13.0. The number of anilines is 1. The Morgan fingerprint density at radius 1 is 1.04 bits per heavy atom. The van der Waals surface area contributed by atoms with Gasteiger partial charge in [-0.25, -0.2) is 0 Å². The summed E-state index contributed by atoms with van der Waals surface area (Å²) in [5.41, 5.74) is 2.47. The van der Waals surface area contributed by atoms with E-state index in [0.29, 0.717) is 22.8 Å². The fourth-order valence-electron chi connectivity index (χ4n) is 2.51. The normalized spacial score (nSPS) is 11.9. The number of carbonyl (C=O) groups excluding carboxylic acids is 1. The molecule has 0 fully saturated rings. The van der Waals surface area contributed by atoms with Gasteiger partial charge in [0.05, 0.1) is 12.8 Å². The molecule has 3 rings (SSSR count). The highest BCUT2D eigenvalue weighted by Crippen LogP contribution is 2.21. The summed E-state index contributed by atoms with van der Waals surface area (Å²) < 4.78 is 16.9. The zero-order chi connectivity index (χ0) is 17.8. The molecule has 2 aromatic carbocycles. The average Bonchev–Trinajstić information content (AvgIpc) is 3.13. The minimum absolute atomic E-state index is 0.131. The van der Waals surface area contributed by atoms with Crippen molar-refractivity contribution in [1.29, 1.82) is 0 Å². The predicted molar refractivity (Wildman–Crippen MR) is 99.2 cm³/mol. The fraction of sp³-hybridized carbons (Fsp3) is 0.150. The molecule has 1 atom stereocenters. The highest BCUT2D eigenvalue weighted by molar-refractivity contribution is 7.84. The van der Waals surface area contributed by atoms with E-state index in [9.17, 15) is 9.00 Å². The SMILES string of the molecule is Cc1ccc(N(Cc2ccco2)C(=O)c2ccc(S(C)=O)cc2)cc1. The van der Waals surface area contributed by atoms with Crippen LogP contribution in [0.2, 0.25) is 0 Å². The van der Waals surface area contributed by atoms with E-state index in [4.69, 9.17) is 4.42 Å². The van der Waals surface area contributed by atoms with E-state index >= 15 is 0 Å². The van der Waals surface area contributed by atoms with Crippen LogP contribution in [0.25, 0.3) is 0 Å². The quantitative estimate of drug-likeness (QED) is 0.692. The van der Waals surface area contributed by atoms with Crippen LogP contribution in [0.15, 0.2) is 76.2 Å². The molecule has 25 heavy (non-hydrogen) atoms. The summed E-state index contributed by atoms with van der Waals surface area (Å²) in [5.74, 6) is 0.578.